The predicted octanol–water partition coefficient (Wildman–Crippen LogP) is 2.32. The van der Waals surface area contributed by atoms with Crippen molar-refractivity contribution in [2.45, 2.75) is 45.4 Å². The number of aliphatic carboxylic acids is 1. The maximum atomic E-state index is 12.1. The molecule has 1 rings (SSSR count). The minimum atomic E-state index is -0.766. The number of unbranched alkanes of at least 4 members (excludes halogenated alkanes) is 2. The molecule has 2 amide bonds. The lowest BCUT2D eigenvalue weighted by atomic mass is 9.85. The number of nitrogens with one attached hydrogen (secondary N) is 1. The molecule has 0 aromatic rings. The zero-order valence-corrected chi connectivity index (χ0v) is 12.8. The molecule has 1 saturated heterocycles. The number of carbonyl (C=O) groups excluding carboxylic acids is 1. The molecule has 1 aliphatic heterocycles. The maximum Gasteiger partial charge on any atom is 0.317 e. The molecule has 5 heteroatoms. The lowest BCUT2D eigenvalue weighted by molar-refractivity contribution is -0.138. The Morgan fingerprint density at radius 3 is 2.90 bits per heavy atom. The predicted molar refractivity (Wildman–Crippen MR) is 81.8 cm³/mol. The molecule has 2 N–H and O–H groups in total. The molecular formula is C16H26N2O3. The van der Waals surface area contributed by atoms with Crippen molar-refractivity contribution in [3.05, 3.63) is 0 Å². The minimum absolute atomic E-state index is 0.0390. The Morgan fingerprint density at radius 2 is 2.24 bits per heavy atom. The van der Waals surface area contributed by atoms with Crippen molar-refractivity contribution in [1.29, 1.82) is 0 Å². The van der Waals surface area contributed by atoms with Crippen LogP contribution in [-0.4, -0.2) is 41.6 Å². The number of likely N-dealkylation sites (tertiary alicyclic amines) is 1. The monoisotopic (exact) mass is 294 g/mol. The van der Waals surface area contributed by atoms with Crippen LogP contribution < -0.4 is 5.32 Å². The molecule has 0 aliphatic carbocycles. The summed E-state index contributed by atoms with van der Waals surface area (Å²) in [7, 11) is 0. The van der Waals surface area contributed by atoms with Gasteiger partial charge in [0.15, 0.2) is 0 Å². The van der Waals surface area contributed by atoms with Crippen LogP contribution in [0.3, 0.4) is 0 Å². The first-order valence-corrected chi connectivity index (χ1v) is 7.72. The van der Waals surface area contributed by atoms with Crippen LogP contribution >= 0.6 is 0 Å². The third-order valence-corrected chi connectivity index (χ3v) is 4.07. The van der Waals surface area contributed by atoms with Gasteiger partial charge in [-0.25, -0.2) is 4.79 Å². The molecule has 2 unspecified atom stereocenters. The van der Waals surface area contributed by atoms with E-state index in [2.05, 4.69) is 11.2 Å². The van der Waals surface area contributed by atoms with E-state index < -0.39 is 5.97 Å². The van der Waals surface area contributed by atoms with Gasteiger partial charge in [0.05, 0.1) is 0 Å². The molecule has 0 bridgehead atoms. The van der Waals surface area contributed by atoms with Crippen LogP contribution in [-0.2, 0) is 4.79 Å². The number of piperidine rings is 1. The van der Waals surface area contributed by atoms with Gasteiger partial charge in [0.2, 0.25) is 0 Å². The fraction of sp³-hybridized carbons (Fsp3) is 0.750. The Morgan fingerprint density at radius 1 is 1.48 bits per heavy atom. The van der Waals surface area contributed by atoms with E-state index in [4.69, 9.17) is 11.5 Å². The summed E-state index contributed by atoms with van der Waals surface area (Å²) < 4.78 is 0. The van der Waals surface area contributed by atoms with Crippen LogP contribution in [0, 0.1) is 24.2 Å². The highest BCUT2D eigenvalue weighted by molar-refractivity contribution is 5.74. The highest BCUT2D eigenvalue weighted by Crippen LogP contribution is 2.26. The lowest BCUT2D eigenvalue weighted by Gasteiger charge is -2.35. The van der Waals surface area contributed by atoms with Gasteiger partial charge < -0.3 is 15.3 Å². The average molecular weight is 294 g/mol. The van der Waals surface area contributed by atoms with Crippen molar-refractivity contribution in [2.24, 2.45) is 11.8 Å². The Hall–Kier alpha value is -1.70. The molecule has 0 aromatic carbocycles. The normalized spacial score (nSPS) is 19.6. The first-order chi connectivity index (χ1) is 10.0. The van der Waals surface area contributed by atoms with Crippen molar-refractivity contribution in [2.75, 3.05) is 19.6 Å². The van der Waals surface area contributed by atoms with Crippen LogP contribution in [0.4, 0.5) is 4.79 Å². The van der Waals surface area contributed by atoms with Crippen molar-refractivity contribution in [1.82, 2.24) is 10.2 Å². The zero-order chi connectivity index (χ0) is 15.7. The largest absolute Gasteiger partial charge is 0.481 e. The quantitative estimate of drug-likeness (QED) is 0.559. The van der Waals surface area contributed by atoms with Gasteiger partial charge in [-0.05, 0) is 37.5 Å². The molecule has 0 radical (unpaired) electrons. The van der Waals surface area contributed by atoms with E-state index in [9.17, 15) is 9.59 Å². The van der Waals surface area contributed by atoms with E-state index in [1.54, 1.807) is 0 Å². The second-order valence-electron chi connectivity index (χ2n) is 5.82. The summed E-state index contributed by atoms with van der Waals surface area (Å²) in [6.07, 6.45) is 9.86. The van der Waals surface area contributed by atoms with E-state index in [-0.39, 0.29) is 24.3 Å². The zero-order valence-electron chi connectivity index (χ0n) is 12.8. The molecule has 0 aromatic heterocycles. The van der Waals surface area contributed by atoms with Crippen LogP contribution in [0.25, 0.3) is 0 Å². The van der Waals surface area contributed by atoms with Gasteiger partial charge in [0.25, 0.3) is 0 Å². The third-order valence-electron chi connectivity index (χ3n) is 4.07. The Kier molecular flexibility index (Phi) is 7.66. The summed E-state index contributed by atoms with van der Waals surface area (Å²) in [5, 5.41) is 11.8. The van der Waals surface area contributed by atoms with E-state index in [1.165, 1.54) is 0 Å². The van der Waals surface area contributed by atoms with Crippen LogP contribution in [0.15, 0.2) is 0 Å². The van der Waals surface area contributed by atoms with Crippen molar-refractivity contribution in [3.63, 3.8) is 0 Å². The number of amides is 2. The van der Waals surface area contributed by atoms with Gasteiger partial charge in [-0.1, -0.05) is 6.92 Å². The number of terminal acetylenes is 1. The summed E-state index contributed by atoms with van der Waals surface area (Å²) in [6, 6.07) is -0.0390. The molecule has 0 saturated carbocycles. The Labute approximate surface area is 127 Å². The molecule has 2 atom stereocenters. The van der Waals surface area contributed by atoms with Gasteiger partial charge in [-0.15, -0.1) is 12.3 Å². The fourth-order valence-electron chi connectivity index (χ4n) is 2.76. The van der Waals surface area contributed by atoms with Gasteiger partial charge >= 0.3 is 12.0 Å². The number of carboxylic acid groups (broad SMARTS) is 1. The highest BCUT2D eigenvalue weighted by atomic mass is 16.4. The molecule has 0 spiro atoms. The second-order valence-corrected chi connectivity index (χ2v) is 5.82. The first kappa shape index (κ1) is 17.4. The van der Waals surface area contributed by atoms with Crippen molar-refractivity contribution in [3.8, 4) is 12.3 Å². The second kappa shape index (κ2) is 9.28. The SMILES string of the molecule is C#CCCCCNC(=O)N1CCCC(C(C)CC(=O)O)C1. The minimum Gasteiger partial charge on any atom is -0.481 e. The number of hydrogen-bond acceptors (Lipinski definition) is 2. The van der Waals surface area contributed by atoms with Crippen molar-refractivity contribution >= 4 is 12.0 Å². The molecule has 118 valence electrons. The van der Waals surface area contributed by atoms with Crippen LogP contribution in [0.5, 0.6) is 0 Å². The van der Waals surface area contributed by atoms with E-state index in [0.717, 1.165) is 38.6 Å². The lowest BCUT2D eigenvalue weighted by Crippen LogP contribution is -2.47. The number of hydrogen-bond donors (Lipinski definition) is 2. The molecule has 5 nitrogen and oxygen atoms in total. The van der Waals surface area contributed by atoms with Gasteiger partial charge in [-0.2, -0.15) is 0 Å². The fourth-order valence-corrected chi connectivity index (χ4v) is 2.76. The van der Waals surface area contributed by atoms with Crippen LogP contribution in [0.2, 0.25) is 0 Å². The van der Waals surface area contributed by atoms with Gasteiger partial charge in [0, 0.05) is 32.5 Å². The molecule has 1 fully saturated rings. The molecule has 1 heterocycles. The van der Waals surface area contributed by atoms with Gasteiger partial charge in [0.1, 0.15) is 0 Å². The smallest absolute Gasteiger partial charge is 0.317 e. The number of nitrogens with zero attached hydrogens (tertiary/aromatic N) is 1. The maximum absolute atomic E-state index is 12.1. The highest BCUT2D eigenvalue weighted by Gasteiger charge is 2.28. The van der Waals surface area contributed by atoms with E-state index in [0.29, 0.717) is 13.1 Å². The average Bonchev–Trinajstić information content (AvgIpc) is 2.46. The summed E-state index contributed by atoms with van der Waals surface area (Å²) in [5.74, 6) is 2.20. The van der Waals surface area contributed by atoms with E-state index in [1.807, 2.05) is 11.8 Å². The molecule has 1 aliphatic rings. The summed E-state index contributed by atoms with van der Waals surface area (Å²) in [6.45, 7) is 4.02. The number of urea groups is 1. The standard InChI is InChI=1S/C16H26N2O3/c1-3-4-5-6-9-17-16(21)18-10-7-8-14(12-18)13(2)11-15(19)20/h1,13-14H,4-12H2,2H3,(H,17,21)(H,19,20). The number of carbonyl (C=O) groups is 2. The topological polar surface area (TPSA) is 69.6 Å². The summed E-state index contributed by atoms with van der Waals surface area (Å²) in [5.41, 5.74) is 0. The number of carboxylic acids is 1. The first-order valence-electron chi connectivity index (χ1n) is 7.72. The summed E-state index contributed by atoms with van der Waals surface area (Å²) in [4.78, 5) is 24.7. The number of rotatable bonds is 7. The molecular weight excluding hydrogens is 268 g/mol. The van der Waals surface area contributed by atoms with Gasteiger partial charge in [-0.3, -0.25) is 4.79 Å². The van der Waals surface area contributed by atoms with Crippen molar-refractivity contribution < 1.29 is 14.7 Å². The Bertz CT molecular complexity index is 389. The summed E-state index contributed by atoms with van der Waals surface area (Å²) >= 11 is 0. The molecule has 21 heavy (non-hydrogen) atoms. The van der Waals surface area contributed by atoms with E-state index >= 15 is 0 Å². The Balaban J connectivity index is 2.32. The third kappa shape index (κ3) is 6.52. The van der Waals surface area contributed by atoms with Crippen LogP contribution in [0.1, 0.15) is 45.4 Å².